The first kappa shape index (κ1) is 59.8. The normalized spacial score (nSPS) is 12.8. The van der Waals surface area contributed by atoms with Gasteiger partial charge in [0.15, 0.2) is 5.78 Å². The third kappa shape index (κ3) is 35.4. The number of carbonyl (C=O) groups is 9. The Hall–Kier alpha value is -4.25. The van der Waals surface area contributed by atoms with Crippen LogP contribution in [0.2, 0.25) is 0 Å². The van der Waals surface area contributed by atoms with Gasteiger partial charge in [0.05, 0.1) is 17.9 Å². The molecule has 2 amide bonds. The quantitative estimate of drug-likeness (QED) is 0.0327. The lowest BCUT2D eigenvalue weighted by atomic mass is 9.94. The van der Waals surface area contributed by atoms with Gasteiger partial charge in [-0.3, -0.25) is 38.4 Å². The largest absolute Gasteiger partial charge is 0.481 e. The Kier molecular flexibility index (Phi) is 38.2. The number of carbonyl (C=O) groups excluding carboxylic acids is 5. The molecule has 0 aliphatic rings. The highest BCUT2D eigenvalue weighted by atomic mass is 16.4. The minimum atomic E-state index is -1.46. The Balaban J connectivity index is 0. The van der Waals surface area contributed by atoms with E-state index in [4.69, 9.17) is 10.2 Å². The van der Waals surface area contributed by atoms with Gasteiger partial charge in [-0.05, 0) is 52.0 Å². The van der Waals surface area contributed by atoms with Crippen LogP contribution in [0.3, 0.4) is 0 Å². The van der Waals surface area contributed by atoms with E-state index in [0.717, 1.165) is 12.8 Å². The molecule has 0 rings (SSSR count). The van der Waals surface area contributed by atoms with Crippen LogP contribution in [0.25, 0.3) is 0 Å². The van der Waals surface area contributed by atoms with Gasteiger partial charge in [-0.1, -0.05) is 97.3 Å². The Morgan fingerprint density at radius 2 is 0.968 bits per heavy atom. The van der Waals surface area contributed by atoms with Crippen LogP contribution >= 0.6 is 0 Å². The van der Waals surface area contributed by atoms with Gasteiger partial charge in [-0.15, -0.1) is 0 Å². The van der Waals surface area contributed by atoms with Crippen molar-refractivity contribution in [2.24, 2.45) is 11.8 Å². The van der Waals surface area contributed by atoms with Crippen molar-refractivity contribution in [3.05, 3.63) is 0 Å². The Morgan fingerprint density at radius 1 is 0.484 bits per heavy atom. The van der Waals surface area contributed by atoms with Crippen molar-refractivity contribution in [2.75, 3.05) is 20.2 Å². The van der Waals surface area contributed by atoms with E-state index in [1.165, 1.54) is 77.0 Å². The lowest BCUT2D eigenvalue weighted by Gasteiger charge is -2.16. The van der Waals surface area contributed by atoms with Crippen LogP contribution in [0, 0.1) is 11.8 Å². The molecule has 4 atom stereocenters. The number of unbranched alkanes of at least 4 members (excludes halogenated alkanes) is 14. The molecule has 0 aromatic rings. The van der Waals surface area contributed by atoms with Gasteiger partial charge in [0.2, 0.25) is 11.8 Å². The zero-order valence-corrected chi connectivity index (χ0v) is 37.7. The zero-order chi connectivity index (χ0) is 47.1. The molecule has 0 aromatic carbocycles. The second kappa shape index (κ2) is 39.6. The molecule has 0 radical (unpaired) electrons. The number of amides is 2. The number of hydrogen-bond donors (Lipinski definition) is 8. The second-order valence-corrected chi connectivity index (χ2v) is 16.0. The first-order chi connectivity index (χ1) is 29.5. The fourth-order valence-corrected chi connectivity index (χ4v) is 6.70. The van der Waals surface area contributed by atoms with E-state index in [2.05, 4.69) is 22.9 Å². The minimum Gasteiger partial charge on any atom is -0.481 e. The van der Waals surface area contributed by atoms with Gasteiger partial charge >= 0.3 is 23.9 Å². The molecule has 17 nitrogen and oxygen atoms in total. The number of hydrogen-bond acceptors (Lipinski definition) is 11. The van der Waals surface area contributed by atoms with Crippen molar-refractivity contribution in [3.8, 4) is 0 Å². The molecule has 0 spiro atoms. The van der Waals surface area contributed by atoms with Gasteiger partial charge in [-0.2, -0.15) is 0 Å². The summed E-state index contributed by atoms with van der Waals surface area (Å²) in [6, 6.07) is -1.94. The Morgan fingerprint density at radius 3 is 1.40 bits per heavy atom. The van der Waals surface area contributed by atoms with Crippen molar-refractivity contribution in [1.29, 1.82) is 0 Å². The number of carboxylic acids is 4. The maximum atomic E-state index is 12.4. The number of aliphatic hydroxyl groups is 1. The summed E-state index contributed by atoms with van der Waals surface area (Å²) >= 11 is 0. The van der Waals surface area contributed by atoms with Gasteiger partial charge in [0.1, 0.15) is 24.2 Å². The van der Waals surface area contributed by atoms with Crippen molar-refractivity contribution < 1.29 is 68.7 Å². The molecule has 17 heteroatoms. The lowest BCUT2D eigenvalue weighted by molar-refractivity contribution is -0.145. The van der Waals surface area contributed by atoms with Crippen molar-refractivity contribution >= 4 is 53.0 Å². The zero-order valence-electron chi connectivity index (χ0n) is 37.7. The smallest absolute Gasteiger partial charge is 0.326 e. The average Bonchev–Trinajstić information content (AvgIpc) is 3.23. The second-order valence-electron chi connectivity index (χ2n) is 16.0. The molecule has 0 aliphatic heterocycles. The van der Waals surface area contributed by atoms with Crippen LogP contribution in [-0.4, -0.2) is 111 Å². The summed E-state index contributed by atoms with van der Waals surface area (Å²) in [5.41, 5.74) is 0. The predicted octanol–water partition coefficient (Wildman–Crippen LogP) is 6.00. The molecule has 0 aromatic heterocycles. The third-order valence-corrected chi connectivity index (χ3v) is 10.7. The first-order valence-electron chi connectivity index (χ1n) is 22.8. The monoisotopic (exact) mass is 886 g/mol. The maximum absolute atomic E-state index is 12.4. The minimum absolute atomic E-state index is 0.121. The number of aliphatic carboxylic acids is 4. The molecule has 0 heterocycles. The van der Waals surface area contributed by atoms with E-state index in [1.807, 2.05) is 0 Å². The lowest BCUT2D eigenvalue weighted by Crippen LogP contribution is -2.41. The number of nitrogens with one attached hydrogen (secondary N) is 3. The fourth-order valence-electron chi connectivity index (χ4n) is 6.70. The summed E-state index contributed by atoms with van der Waals surface area (Å²) in [7, 11) is 1.61. The molecule has 0 fully saturated rings. The highest BCUT2D eigenvalue weighted by Crippen LogP contribution is 2.17. The number of ketones is 3. The van der Waals surface area contributed by atoms with Crippen molar-refractivity contribution in [3.63, 3.8) is 0 Å². The Bertz CT molecular complexity index is 1320. The average molecular weight is 886 g/mol. The number of rotatable bonds is 41. The standard InChI is InChI=1S/C28H45N3O12.C17H34O2/c1-3-19(33)14-17(26(38)39)8-12-25(37)31-22(28(42)43)10-9-20(34)15-18(27(40)41)7-11-24(36)30-13-5-4-6-21(29-2)23(35)16-32;1-2-3-4-5-6-7-8-9-10-11-12-13-14-15-16-17(18)19/h17-18,21-22,29,32H,3-16H2,1-2H3,(H,30,36)(H,31,37)(H,38,39)(H,40,41)(H,42,43);2-16H2,1H3,(H,18,19)/t17-,18-,21?,22+;/m1./s1. The topological polar surface area (TPSA) is 291 Å². The highest BCUT2D eigenvalue weighted by Gasteiger charge is 2.27. The van der Waals surface area contributed by atoms with E-state index < -0.39 is 78.4 Å². The fraction of sp³-hybridized carbons (Fsp3) is 0.800. The van der Waals surface area contributed by atoms with E-state index in [1.54, 1.807) is 14.0 Å². The van der Waals surface area contributed by atoms with Crippen LogP contribution in [0.5, 0.6) is 0 Å². The summed E-state index contributed by atoms with van der Waals surface area (Å²) in [6.45, 7) is 3.59. The SMILES string of the molecule is CCC(=O)C[C@@H](CCC(=O)N[C@@H](CCC(=O)C[C@@H](CCC(=O)NCCCCC(NC)C(=O)CO)C(=O)O)C(=O)O)C(=O)O.CCCCCCCCCCCCCCCCC(=O)O. The molecule has 8 N–H and O–H groups in total. The van der Waals surface area contributed by atoms with Gasteiger partial charge in [-0.25, -0.2) is 4.79 Å². The third-order valence-electron chi connectivity index (χ3n) is 10.7. The molecule has 0 saturated heterocycles. The summed E-state index contributed by atoms with van der Waals surface area (Å²) in [4.78, 5) is 105. The molecule has 1 unspecified atom stereocenters. The molecule has 0 saturated carbocycles. The van der Waals surface area contributed by atoms with E-state index in [-0.39, 0.29) is 62.9 Å². The molecule has 0 aliphatic carbocycles. The predicted molar refractivity (Wildman–Crippen MR) is 233 cm³/mol. The summed E-state index contributed by atoms with van der Waals surface area (Å²) in [6.07, 6.45) is 18.4. The summed E-state index contributed by atoms with van der Waals surface area (Å²) in [5, 5.41) is 53.2. The highest BCUT2D eigenvalue weighted by molar-refractivity contribution is 5.87. The molecular formula is C45H79N3O14. The number of likely N-dealkylation sites (N-methyl/N-ethyl adjacent to an activating group) is 1. The molecule has 62 heavy (non-hydrogen) atoms. The van der Waals surface area contributed by atoms with Crippen LogP contribution < -0.4 is 16.0 Å². The van der Waals surface area contributed by atoms with E-state index in [9.17, 15) is 58.5 Å². The summed E-state index contributed by atoms with van der Waals surface area (Å²) < 4.78 is 0. The van der Waals surface area contributed by atoms with Crippen LogP contribution in [0.15, 0.2) is 0 Å². The van der Waals surface area contributed by atoms with Gasteiger partial charge < -0.3 is 41.5 Å². The van der Waals surface area contributed by atoms with E-state index >= 15 is 0 Å². The first-order valence-corrected chi connectivity index (χ1v) is 22.8. The molecule has 0 bridgehead atoms. The van der Waals surface area contributed by atoms with Crippen LogP contribution in [0.1, 0.15) is 187 Å². The molecule has 358 valence electrons. The Labute approximate surface area is 368 Å². The number of aliphatic hydroxyl groups excluding tert-OH is 1. The van der Waals surface area contributed by atoms with E-state index in [0.29, 0.717) is 32.2 Å². The molecular weight excluding hydrogens is 807 g/mol. The van der Waals surface area contributed by atoms with Crippen molar-refractivity contribution in [1.82, 2.24) is 16.0 Å². The number of carboxylic acid groups (broad SMARTS) is 4. The number of Topliss-reactive ketones (excluding diaryl/α,β-unsaturated/α-hetero) is 3. The van der Waals surface area contributed by atoms with Crippen molar-refractivity contribution in [2.45, 2.75) is 199 Å². The van der Waals surface area contributed by atoms with Gasteiger partial charge in [0, 0.05) is 51.5 Å². The summed E-state index contributed by atoms with van der Waals surface area (Å²) in [5.74, 6) is -9.20. The maximum Gasteiger partial charge on any atom is 0.326 e. The van der Waals surface area contributed by atoms with Crippen LogP contribution in [-0.2, 0) is 43.2 Å². The van der Waals surface area contributed by atoms with Crippen LogP contribution in [0.4, 0.5) is 0 Å². The van der Waals surface area contributed by atoms with Gasteiger partial charge in [0.25, 0.3) is 0 Å².